The molecule has 2 N–H and O–H groups in total. The number of hydrogen-bond acceptors (Lipinski definition) is 5. The van der Waals surface area contributed by atoms with Gasteiger partial charge in [-0.3, -0.25) is 0 Å². The quantitative estimate of drug-likeness (QED) is 0.828. The fraction of sp³-hybridized carbons (Fsp3) is 0.545. The van der Waals surface area contributed by atoms with Crippen molar-refractivity contribution in [3.8, 4) is 0 Å². The largest absolute Gasteiger partial charge is 0.341 e. The molecule has 3 rings (SSSR count). The molecule has 0 bridgehead atoms. The summed E-state index contributed by atoms with van der Waals surface area (Å²) in [5.74, 6) is 0.473. The van der Waals surface area contributed by atoms with Crippen molar-refractivity contribution in [2.24, 2.45) is 5.92 Å². The molecule has 0 spiro atoms. The van der Waals surface area contributed by atoms with Crippen LogP contribution in [-0.2, 0) is 10.2 Å². The number of nitrogens with one attached hydrogen (secondary N) is 2. The lowest BCUT2D eigenvalue weighted by atomic mass is 10.0. The lowest BCUT2D eigenvalue weighted by Gasteiger charge is -2.29. The topological polar surface area (TPSA) is 104 Å². The minimum atomic E-state index is -3.67. The Hall–Kier alpha value is -1.45. The van der Waals surface area contributed by atoms with Gasteiger partial charge in [-0.1, -0.05) is 18.5 Å². The van der Waals surface area contributed by atoms with Crippen LogP contribution >= 0.6 is 11.6 Å². The van der Waals surface area contributed by atoms with Crippen LogP contribution < -0.4 is 4.72 Å². The second-order valence-corrected chi connectivity index (χ2v) is 7.16. The maximum absolute atomic E-state index is 12.3. The monoisotopic (exact) mass is 330 g/mol. The van der Waals surface area contributed by atoms with E-state index in [4.69, 9.17) is 11.6 Å². The Morgan fingerprint density at radius 3 is 2.81 bits per heavy atom. The first kappa shape index (κ1) is 14.5. The van der Waals surface area contributed by atoms with E-state index < -0.39 is 10.2 Å². The van der Waals surface area contributed by atoms with E-state index in [1.54, 1.807) is 0 Å². The van der Waals surface area contributed by atoms with Gasteiger partial charge in [-0.05, 0) is 18.8 Å². The van der Waals surface area contributed by atoms with Gasteiger partial charge < -0.3 is 4.98 Å². The van der Waals surface area contributed by atoms with E-state index >= 15 is 0 Å². The van der Waals surface area contributed by atoms with E-state index in [0.717, 1.165) is 12.8 Å². The normalized spacial score (nSPS) is 18.2. The van der Waals surface area contributed by atoms with Gasteiger partial charge in [0, 0.05) is 13.1 Å². The minimum absolute atomic E-state index is 0.0711. The molecule has 0 aromatic carbocycles. The number of halogens is 1. The number of aromatic amines is 1. The molecule has 0 amide bonds. The molecule has 0 aliphatic carbocycles. The van der Waals surface area contributed by atoms with Crippen molar-refractivity contribution in [2.75, 3.05) is 17.8 Å². The number of H-pyrrole nitrogens is 1. The van der Waals surface area contributed by atoms with Crippen LogP contribution in [0.5, 0.6) is 0 Å². The highest BCUT2D eigenvalue weighted by atomic mass is 35.5. The Morgan fingerprint density at radius 1 is 1.38 bits per heavy atom. The van der Waals surface area contributed by atoms with Gasteiger partial charge in [0.1, 0.15) is 5.52 Å². The molecule has 0 unspecified atom stereocenters. The Morgan fingerprint density at radius 2 is 2.10 bits per heavy atom. The summed E-state index contributed by atoms with van der Waals surface area (Å²) in [6.45, 7) is 3.11. The summed E-state index contributed by atoms with van der Waals surface area (Å²) in [5, 5.41) is 0.127. The number of aromatic nitrogens is 4. The molecule has 21 heavy (non-hydrogen) atoms. The fourth-order valence-corrected chi connectivity index (χ4v) is 3.61. The van der Waals surface area contributed by atoms with Crippen LogP contribution in [0.2, 0.25) is 5.15 Å². The number of imidazole rings is 1. The number of nitrogens with zero attached hydrogens (tertiary/aromatic N) is 4. The summed E-state index contributed by atoms with van der Waals surface area (Å²) in [4.78, 5) is 14.7. The van der Waals surface area contributed by atoms with Crippen LogP contribution in [0.1, 0.15) is 19.8 Å². The zero-order valence-electron chi connectivity index (χ0n) is 11.4. The van der Waals surface area contributed by atoms with Gasteiger partial charge in [-0.2, -0.15) is 22.7 Å². The molecule has 1 fully saturated rings. The third-order valence-electron chi connectivity index (χ3n) is 3.54. The molecule has 0 atom stereocenters. The SMILES string of the molecule is CC1CCN(S(=O)(=O)Nc2nc(Cl)c3[nH]cnc3n2)CC1. The van der Waals surface area contributed by atoms with Crippen LogP contribution in [0.3, 0.4) is 0 Å². The molecule has 1 saturated heterocycles. The summed E-state index contributed by atoms with van der Waals surface area (Å²) >= 11 is 5.97. The molecule has 0 saturated carbocycles. The van der Waals surface area contributed by atoms with Crippen molar-refractivity contribution in [2.45, 2.75) is 19.8 Å². The molecule has 1 aliphatic rings. The minimum Gasteiger partial charge on any atom is -0.341 e. The molecule has 0 radical (unpaired) electrons. The van der Waals surface area contributed by atoms with Gasteiger partial charge in [-0.15, -0.1) is 0 Å². The molecule has 3 heterocycles. The standard InChI is InChI=1S/C11H15ClN6O2S/c1-7-2-4-18(5-3-7)21(19,20)17-11-15-9(12)8-10(16-11)14-6-13-8/h6-7H,2-5H2,1H3,(H2,13,14,15,16,17). The first-order valence-corrected chi connectivity index (χ1v) is 8.42. The maximum Gasteiger partial charge on any atom is 0.303 e. The van der Waals surface area contributed by atoms with Crippen molar-refractivity contribution in [3.63, 3.8) is 0 Å². The van der Waals surface area contributed by atoms with Gasteiger partial charge in [-0.25, -0.2) is 9.71 Å². The first-order valence-electron chi connectivity index (χ1n) is 6.60. The molecule has 114 valence electrons. The van der Waals surface area contributed by atoms with Gasteiger partial charge >= 0.3 is 10.2 Å². The lowest BCUT2D eigenvalue weighted by Crippen LogP contribution is -2.41. The van der Waals surface area contributed by atoms with Gasteiger partial charge in [0.25, 0.3) is 0 Å². The maximum atomic E-state index is 12.3. The highest BCUT2D eigenvalue weighted by Gasteiger charge is 2.27. The van der Waals surface area contributed by atoms with Crippen molar-refractivity contribution in [3.05, 3.63) is 11.5 Å². The number of piperidine rings is 1. The first-order chi connectivity index (χ1) is 9.95. The second kappa shape index (κ2) is 5.39. The predicted octanol–water partition coefficient (Wildman–Crippen LogP) is 1.39. The zero-order valence-corrected chi connectivity index (χ0v) is 12.9. The average Bonchev–Trinajstić information content (AvgIpc) is 2.87. The number of rotatable bonds is 3. The van der Waals surface area contributed by atoms with Gasteiger partial charge in [0.2, 0.25) is 5.95 Å². The highest BCUT2D eigenvalue weighted by Crippen LogP contribution is 2.22. The summed E-state index contributed by atoms with van der Waals surface area (Å²) in [6.07, 6.45) is 3.12. The number of anilines is 1. The summed E-state index contributed by atoms with van der Waals surface area (Å²) in [7, 11) is -3.67. The van der Waals surface area contributed by atoms with Gasteiger partial charge in [0.05, 0.1) is 6.33 Å². The molecule has 8 nitrogen and oxygen atoms in total. The molecule has 2 aromatic rings. The number of hydrogen-bond donors (Lipinski definition) is 2. The van der Waals surface area contributed by atoms with Crippen LogP contribution in [0.4, 0.5) is 5.95 Å². The second-order valence-electron chi connectivity index (χ2n) is 5.13. The van der Waals surface area contributed by atoms with E-state index in [9.17, 15) is 8.42 Å². The molecule has 1 aliphatic heterocycles. The van der Waals surface area contributed by atoms with E-state index in [1.807, 2.05) is 0 Å². The summed E-state index contributed by atoms with van der Waals surface area (Å²) < 4.78 is 28.4. The number of fused-ring (bicyclic) bond motifs is 1. The van der Waals surface area contributed by atoms with E-state index in [1.165, 1.54) is 10.6 Å². The van der Waals surface area contributed by atoms with Crippen LogP contribution in [0.15, 0.2) is 6.33 Å². The third kappa shape index (κ3) is 2.94. The average molecular weight is 331 g/mol. The highest BCUT2D eigenvalue weighted by molar-refractivity contribution is 7.90. The lowest BCUT2D eigenvalue weighted by molar-refractivity contribution is 0.289. The van der Waals surface area contributed by atoms with Crippen molar-refractivity contribution in [1.29, 1.82) is 0 Å². The molecular weight excluding hydrogens is 316 g/mol. The Labute approximate surface area is 127 Å². The zero-order chi connectivity index (χ0) is 15.0. The van der Waals surface area contributed by atoms with Crippen LogP contribution in [0, 0.1) is 5.92 Å². The summed E-state index contributed by atoms with van der Waals surface area (Å²) in [6, 6.07) is 0. The van der Waals surface area contributed by atoms with Crippen LogP contribution in [-0.4, -0.2) is 45.7 Å². The van der Waals surface area contributed by atoms with Crippen LogP contribution in [0.25, 0.3) is 11.2 Å². The van der Waals surface area contributed by atoms with Crippen molar-refractivity contribution >= 4 is 38.9 Å². The third-order valence-corrected chi connectivity index (χ3v) is 5.30. The Kier molecular flexibility index (Phi) is 3.72. The van der Waals surface area contributed by atoms with E-state index in [2.05, 4.69) is 31.6 Å². The Balaban J connectivity index is 1.83. The molecular formula is C11H15ClN6O2S. The van der Waals surface area contributed by atoms with Crippen molar-refractivity contribution < 1.29 is 8.42 Å². The van der Waals surface area contributed by atoms with E-state index in [0.29, 0.717) is 30.2 Å². The molecule has 2 aromatic heterocycles. The summed E-state index contributed by atoms with van der Waals surface area (Å²) in [5.41, 5.74) is 0.798. The molecule has 10 heteroatoms. The van der Waals surface area contributed by atoms with Gasteiger partial charge in [0.15, 0.2) is 10.8 Å². The Bertz CT molecular complexity index is 753. The smallest absolute Gasteiger partial charge is 0.303 e. The predicted molar refractivity (Wildman–Crippen MR) is 79.2 cm³/mol. The van der Waals surface area contributed by atoms with Crippen molar-refractivity contribution in [1.82, 2.24) is 24.2 Å². The van der Waals surface area contributed by atoms with E-state index in [-0.39, 0.29) is 11.1 Å². The fourth-order valence-electron chi connectivity index (χ4n) is 2.25.